The Labute approximate surface area is 130 Å². The third-order valence-electron chi connectivity index (χ3n) is 3.54. The fourth-order valence-electron chi connectivity index (χ4n) is 2.32. The summed E-state index contributed by atoms with van der Waals surface area (Å²) in [6.07, 6.45) is 0. The van der Waals surface area contributed by atoms with Crippen LogP contribution in [0.2, 0.25) is 0 Å². The van der Waals surface area contributed by atoms with E-state index in [1.54, 1.807) is 11.8 Å². The number of benzene rings is 1. The molecule has 0 radical (unpaired) electrons. The molecule has 1 N–H and O–H groups in total. The molecule has 1 heterocycles. The Kier molecular flexibility index (Phi) is 4.61. The Morgan fingerprint density at radius 1 is 1.38 bits per heavy atom. The summed E-state index contributed by atoms with van der Waals surface area (Å²) in [5, 5.41) is 2.89. The van der Waals surface area contributed by atoms with Crippen LogP contribution < -0.4 is 10.2 Å². The molecule has 0 aromatic heterocycles. The normalized spacial score (nSPS) is 21.4. The average Bonchev–Trinajstić information content (AvgIpc) is 2.46. The van der Waals surface area contributed by atoms with Gasteiger partial charge in [-0.3, -0.25) is 9.59 Å². The molecule has 0 saturated carbocycles. The van der Waals surface area contributed by atoms with Crippen molar-refractivity contribution in [3.05, 3.63) is 24.3 Å². The van der Waals surface area contributed by atoms with E-state index in [0.29, 0.717) is 19.0 Å². The Balaban J connectivity index is 2.33. The molecule has 0 saturated heterocycles. The Morgan fingerprint density at radius 2 is 2.05 bits per heavy atom. The zero-order valence-electron chi connectivity index (χ0n) is 13.0. The highest BCUT2D eigenvalue weighted by Crippen LogP contribution is 2.45. The summed E-state index contributed by atoms with van der Waals surface area (Å²) in [5.41, 5.74) is 0.893. The number of nitrogens with zero attached hydrogens (tertiary/aromatic N) is 1. The molecule has 0 spiro atoms. The van der Waals surface area contributed by atoms with Crippen LogP contribution in [-0.4, -0.2) is 29.7 Å². The molecule has 1 unspecified atom stereocenters. The van der Waals surface area contributed by atoms with Gasteiger partial charge < -0.3 is 10.2 Å². The molecule has 1 aliphatic rings. The van der Waals surface area contributed by atoms with Gasteiger partial charge in [0.15, 0.2) is 4.75 Å². The lowest BCUT2D eigenvalue weighted by Gasteiger charge is -2.38. The van der Waals surface area contributed by atoms with Gasteiger partial charge >= 0.3 is 0 Å². The van der Waals surface area contributed by atoms with Crippen molar-refractivity contribution in [3.63, 3.8) is 0 Å². The van der Waals surface area contributed by atoms with E-state index < -0.39 is 4.75 Å². The van der Waals surface area contributed by atoms with E-state index in [9.17, 15) is 9.59 Å². The van der Waals surface area contributed by atoms with Crippen LogP contribution in [0.3, 0.4) is 0 Å². The highest BCUT2D eigenvalue weighted by molar-refractivity contribution is 8.02. The number of hydrogen-bond donors (Lipinski definition) is 1. The van der Waals surface area contributed by atoms with Crippen LogP contribution in [-0.2, 0) is 9.59 Å². The summed E-state index contributed by atoms with van der Waals surface area (Å²) in [6.45, 7) is 8.85. The highest BCUT2D eigenvalue weighted by Gasteiger charge is 2.48. The maximum Gasteiger partial charge on any atom is 0.252 e. The molecule has 4 nitrogen and oxygen atoms in total. The minimum Gasteiger partial charge on any atom is -0.354 e. The zero-order chi connectivity index (χ0) is 15.6. The highest BCUT2D eigenvalue weighted by atomic mass is 32.2. The lowest BCUT2D eigenvalue weighted by atomic mass is 10.1. The largest absolute Gasteiger partial charge is 0.354 e. The molecule has 0 aliphatic carbocycles. The number of amides is 2. The van der Waals surface area contributed by atoms with Gasteiger partial charge in [0.1, 0.15) is 0 Å². The molecule has 1 atom stereocenters. The second-order valence-corrected chi connectivity index (χ2v) is 7.22. The third-order valence-corrected chi connectivity index (χ3v) is 4.88. The van der Waals surface area contributed by atoms with Crippen molar-refractivity contribution >= 4 is 29.3 Å². The molecule has 5 heteroatoms. The van der Waals surface area contributed by atoms with Crippen molar-refractivity contribution in [1.82, 2.24) is 5.32 Å². The number of fused-ring (bicyclic) bond motifs is 1. The molecule has 1 aliphatic heterocycles. The van der Waals surface area contributed by atoms with Crippen molar-refractivity contribution in [2.45, 2.75) is 37.3 Å². The van der Waals surface area contributed by atoms with Gasteiger partial charge in [-0.2, -0.15) is 0 Å². The summed E-state index contributed by atoms with van der Waals surface area (Å²) in [7, 11) is 0. The van der Waals surface area contributed by atoms with Crippen LogP contribution in [0.15, 0.2) is 29.2 Å². The molecular formula is C16H22N2O2S. The Bertz CT molecular complexity index is 559. The second-order valence-electron chi connectivity index (χ2n) is 5.76. The Hall–Kier alpha value is -1.49. The predicted molar refractivity (Wildman–Crippen MR) is 86.6 cm³/mol. The molecule has 21 heavy (non-hydrogen) atoms. The summed E-state index contributed by atoms with van der Waals surface area (Å²) in [5.74, 6) is 0.00455. The first-order valence-electron chi connectivity index (χ1n) is 7.28. The standard InChI is InChI=1S/C16H22N2O2S/c1-5-18-12-8-6-7-9-13(12)21-16(4,15(18)20)14(19)17-10-11(2)3/h6-9,11H,5,10H2,1-4H3,(H,17,19). The van der Waals surface area contributed by atoms with Gasteiger partial charge in [-0.25, -0.2) is 0 Å². The van der Waals surface area contributed by atoms with E-state index in [0.717, 1.165) is 10.6 Å². The SMILES string of the molecule is CCN1C(=O)C(C)(C(=O)NCC(C)C)Sc2ccccc21. The van der Waals surface area contributed by atoms with E-state index in [1.807, 2.05) is 45.0 Å². The number of thioether (sulfide) groups is 1. The lowest BCUT2D eigenvalue weighted by molar-refractivity contribution is -0.131. The lowest BCUT2D eigenvalue weighted by Crippen LogP contribution is -2.56. The van der Waals surface area contributed by atoms with Crippen molar-refractivity contribution in [2.24, 2.45) is 5.92 Å². The maximum atomic E-state index is 12.8. The second kappa shape index (κ2) is 6.10. The summed E-state index contributed by atoms with van der Waals surface area (Å²) < 4.78 is -1.10. The number of rotatable bonds is 4. The first kappa shape index (κ1) is 15.9. The van der Waals surface area contributed by atoms with Crippen LogP contribution in [0.1, 0.15) is 27.7 Å². The van der Waals surface area contributed by atoms with Crippen LogP contribution in [0.4, 0.5) is 5.69 Å². The summed E-state index contributed by atoms with van der Waals surface area (Å²) in [6, 6.07) is 7.73. The monoisotopic (exact) mass is 306 g/mol. The molecule has 114 valence electrons. The van der Waals surface area contributed by atoms with Gasteiger partial charge in [0.2, 0.25) is 5.91 Å². The Morgan fingerprint density at radius 3 is 2.67 bits per heavy atom. The van der Waals surface area contributed by atoms with E-state index in [-0.39, 0.29) is 11.8 Å². The molecule has 1 aromatic carbocycles. The number of carbonyl (C=O) groups is 2. The van der Waals surface area contributed by atoms with Gasteiger partial charge in [0.25, 0.3) is 5.91 Å². The number of hydrogen-bond acceptors (Lipinski definition) is 3. The van der Waals surface area contributed by atoms with Gasteiger partial charge in [-0.1, -0.05) is 37.7 Å². The topological polar surface area (TPSA) is 49.4 Å². The van der Waals surface area contributed by atoms with E-state index >= 15 is 0 Å². The van der Waals surface area contributed by atoms with Gasteiger partial charge in [-0.05, 0) is 31.9 Å². The predicted octanol–water partition coefficient (Wildman–Crippen LogP) is 2.68. The fourth-order valence-corrected chi connectivity index (χ4v) is 3.55. The molecule has 1 aromatic rings. The molecular weight excluding hydrogens is 284 g/mol. The van der Waals surface area contributed by atoms with Crippen molar-refractivity contribution in [3.8, 4) is 0 Å². The van der Waals surface area contributed by atoms with E-state index in [1.165, 1.54) is 11.8 Å². The first-order chi connectivity index (χ1) is 9.90. The molecule has 2 amide bonds. The minimum absolute atomic E-state index is 0.144. The maximum absolute atomic E-state index is 12.8. The van der Waals surface area contributed by atoms with E-state index in [2.05, 4.69) is 5.32 Å². The van der Waals surface area contributed by atoms with Gasteiger partial charge in [0, 0.05) is 18.0 Å². The van der Waals surface area contributed by atoms with E-state index in [4.69, 9.17) is 0 Å². The first-order valence-corrected chi connectivity index (χ1v) is 8.10. The van der Waals surface area contributed by atoms with Crippen LogP contribution in [0, 0.1) is 5.92 Å². The van der Waals surface area contributed by atoms with Crippen molar-refractivity contribution in [2.75, 3.05) is 18.0 Å². The summed E-state index contributed by atoms with van der Waals surface area (Å²) in [4.78, 5) is 28.0. The molecule has 0 bridgehead atoms. The average molecular weight is 306 g/mol. The number of anilines is 1. The third kappa shape index (κ3) is 2.93. The number of carbonyl (C=O) groups excluding carboxylic acids is 2. The van der Waals surface area contributed by atoms with Gasteiger partial charge in [-0.15, -0.1) is 0 Å². The smallest absolute Gasteiger partial charge is 0.252 e. The number of nitrogens with one attached hydrogen (secondary N) is 1. The quantitative estimate of drug-likeness (QED) is 0.870. The van der Waals surface area contributed by atoms with Gasteiger partial charge in [0.05, 0.1) is 5.69 Å². The number of para-hydroxylation sites is 1. The fraction of sp³-hybridized carbons (Fsp3) is 0.500. The molecule has 0 fully saturated rings. The van der Waals surface area contributed by atoms with Crippen LogP contribution in [0.25, 0.3) is 0 Å². The summed E-state index contributed by atoms with van der Waals surface area (Å²) >= 11 is 1.34. The zero-order valence-corrected chi connectivity index (χ0v) is 13.8. The van der Waals surface area contributed by atoms with Crippen molar-refractivity contribution in [1.29, 1.82) is 0 Å². The minimum atomic E-state index is -1.10. The van der Waals surface area contributed by atoms with Crippen LogP contribution >= 0.6 is 11.8 Å². The molecule has 2 rings (SSSR count). The van der Waals surface area contributed by atoms with Crippen molar-refractivity contribution < 1.29 is 9.59 Å². The van der Waals surface area contributed by atoms with Crippen LogP contribution in [0.5, 0.6) is 0 Å².